The van der Waals surface area contributed by atoms with Gasteiger partial charge in [-0.05, 0) is 35.4 Å². The van der Waals surface area contributed by atoms with Crippen LogP contribution in [-0.2, 0) is 16.8 Å². The Morgan fingerprint density at radius 3 is 2.38 bits per heavy atom. The van der Waals surface area contributed by atoms with E-state index in [1.807, 2.05) is 45.0 Å². The summed E-state index contributed by atoms with van der Waals surface area (Å²) >= 11 is 3.47. The fourth-order valence-electron chi connectivity index (χ4n) is 1.94. The number of thiazole rings is 1. The van der Waals surface area contributed by atoms with Crippen molar-refractivity contribution in [3.8, 4) is 0 Å². The molecule has 114 valence electrons. The summed E-state index contributed by atoms with van der Waals surface area (Å²) in [7, 11) is 0. The molecule has 0 spiro atoms. The zero-order valence-corrected chi connectivity index (χ0v) is 15.4. The number of benzene rings is 1. The predicted octanol–water partition coefficient (Wildman–Crippen LogP) is 3.95. The molecule has 0 saturated carbocycles. The molecule has 6 heteroatoms. The summed E-state index contributed by atoms with van der Waals surface area (Å²) in [5.74, 6) is 0.153. The van der Waals surface area contributed by atoms with Gasteiger partial charge in [0.25, 0.3) is 0 Å². The van der Waals surface area contributed by atoms with E-state index in [-0.39, 0.29) is 5.75 Å². The maximum absolute atomic E-state index is 12.6. The highest BCUT2D eigenvalue weighted by atomic mass is 79.9. The monoisotopic (exact) mass is 387 g/mol. The van der Waals surface area contributed by atoms with Crippen LogP contribution in [-0.4, -0.2) is 20.4 Å². The normalized spacial score (nSPS) is 16.5. The number of aliphatic hydroxyl groups is 1. The van der Waals surface area contributed by atoms with Crippen molar-refractivity contribution in [2.45, 2.75) is 31.3 Å². The van der Waals surface area contributed by atoms with Crippen LogP contribution in [0.1, 0.15) is 25.6 Å². The number of nitrogens with zero attached hydrogens (tertiary/aromatic N) is 1. The third-order valence-corrected chi connectivity index (χ3v) is 6.43. The van der Waals surface area contributed by atoms with Gasteiger partial charge in [-0.15, -0.1) is 11.3 Å². The van der Waals surface area contributed by atoms with E-state index in [9.17, 15) is 9.66 Å². The summed E-state index contributed by atoms with van der Waals surface area (Å²) in [5, 5.41) is 11.2. The van der Waals surface area contributed by atoms with Crippen molar-refractivity contribution < 1.29 is 9.66 Å². The fourth-order valence-corrected chi connectivity index (χ4v) is 4.80. The lowest BCUT2D eigenvalue weighted by Crippen LogP contribution is -2.45. The van der Waals surface area contributed by atoms with Crippen molar-refractivity contribution >= 4 is 38.4 Å². The second kappa shape index (κ2) is 6.38. The molecule has 0 amide bonds. The summed E-state index contributed by atoms with van der Waals surface area (Å²) in [6.07, 6.45) is 1.66. The van der Waals surface area contributed by atoms with E-state index in [1.165, 1.54) is 11.3 Å². The van der Waals surface area contributed by atoms with E-state index in [2.05, 4.69) is 20.9 Å². The highest BCUT2D eigenvalue weighted by Gasteiger charge is 2.47. The van der Waals surface area contributed by atoms with E-state index in [1.54, 1.807) is 11.7 Å². The molecule has 0 fully saturated rings. The molecule has 0 aliphatic carbocycles. The molecule has 2 aromatic rings. The molecule has 2 atom stereocenters. The molecular formula is C15H18BrNO2S2. The minimum absolute atomic E-state index is 0.153. The van der Waals surface area contributed by atoms with Crippen LogP contribution in [0.5, 0.6) is 0 Å². The van der Waals surface area contributed by atoms with Crippen LogP contribution in [0.4, 0.5) is 0 Å². The molecule has 1 N–H and O–H groups in total. The van der Waals surface area contributed by atoms with Gasteiger partial charge in [0.2, 0.25) is 0 Å². The summed E-state index contributed by atoms with van der Waals surface area (Å²) < 4.78 is 13.6. The van der Waals surface area contributed by atoms with Crippen molar-refractivity contribution in [3.63, 3.8) is 0 Å². The van der Waals surface area contributed by atoms with E-state index in [4.69, 9.17) is 0 Å². The minimum Gasteiger partial charge on any atom is -0.611 e. The molecule has 3 nitrogen and oxygen atoms in total. The molecule has 0 radical (unpaired) electrons. The number of rotatable bonds is 4. The second-order valence-corrected chi connectivity index (χ2v) is 9.17. The highest BCUT2D eigenvalue weighted by Crippen LogP contribution is 2.42. The zero-order valence-electron chi connectivity index (χ0n) is 12.2. The first-order valence-corrected chi connectivity index (χ1v) is 9.48. The van der Waals surface area contributed by atoms with Gasteiger partial charge in [0, 0.05) is 16.1 Å². The lowest BCUT2D eigenvalue weighted by molar-refractivity contribution is -0.0406. The Kier molecular flexibility index (Phi) is 5.15. The van der Waals surface area contributed by atoms with Crippen LogP contribution in [0.3, 0.4) is 0 Å². The van der Waals surface area contributed by atoms with Gasteiger partial charge in [-0.2, -0.15) is 0 Å². The average molecular weight is 388 g/mol. The minimum atomic E-state index is -1.28. The Morgan fingerprint density at radius 1 is 1.29 bits per heavy atom. The summed E-state index contributed by atoms with van der Waals surface area (Å²) in [6, 6.07) is 7.35. The lowest BCUT2D eigenvalue weighted by Gasteiger charge is -2.38. The quantitative estimate of drug-likeness (QED) is 0.807. The summed E-state index contributed by atoms with van der Waals surface area (Å²) in [6.45, 7) is 5.85. The number of aromatic nitrogens is 1. The fraction of sp³-hybridized carbons (Fsp3) is 0.400. The third kappa shape index (κ3) is 3.68. The molecule has 0 bridgehead atoms. The van der Waals surface area contributed by atoms with Crippen LogP contribution >= 0.6 is 27.3 Å². The first-order valence-electron chi connectivity index (χ1n) is 6.49. The Labute approximate surface area is 140 Å². The topological polar surface area (TPSA) is 56.2 Å². The van der Waals surface area contributed by atoms with E-state index < -0.39 is 22.2 Å². The van der Waals surface area contributed by atoms with E-state index >= 15 is 0 Å². The van der Waals surface area contributed by atoms with E-state index in [0.717, 1.165) is 9.35 Å². The van der Waals surface area contributed by atoms with Crippen molar-refractivity contribution in [3.05, 3.63) is 45.3 Å². The van der Waals surface area contributed by atoms with Gasteiger partial charge in [0.1, 0.15) is 11.4 Å². The third-order valence-electron chi connectivity index (χ3n) is 3.50. The largest absolute Gasteiger partial charge is 0.611 e. The van der Waals surface area contributed by atoms with Crippen LogP contribution in [0, 0.1) is 5.41 Å². The van der Waals surface area contributed by atoms with Gasteiger partial charge in [0.05, 0.1) is 10.4 Å². The number of halogens is 1. The smallest absolute Gasteiger partial charge is 0.152 e. The van der Waals surface area contributed by atoms with Crippen LogP contribution in [0.15, 0.2) is 45.3 Å². The number of hydrogen-bond acceptors (Lipinski definition) is 4. The maximum atomic E-state index is 12.6. The molecule has 1 heterocycles. The lowest BCUT2D eigenvalue weighted by atomic mass is 9.77. The van der Waals surface area contributed by atoms with Crippen molar-refractivity contribution in [2.24, 2.45) is 5.41 Å². The van der Waals surface area contributed by atoms with Gasteiger partial charge < -0.3 is 9.66 Å². The predicted molar refractivity (Wildman–Crippen MR) is 90.9 cm³/mol. The van der Waals surface area contributed by atoms with Crippen molar-refractivity contribution in [1.29, 1.82) is 0 Å². The van der Waals surface area contributed by atoms with Gasteiger partial charge in [0.15, 0.2) is 4.90 Å². The van der Waals surface area contributed by atoms with Crippen molar-refractivity contribution in [2.75, 3.05) is 5.75 Å². The number of hydrogen-bond donors (Lipinski definition) is 1. The summed E-state index contributed by atoms with van der Waals surface area (Å²) in [4.78, 5) is 5.51. The molecule has 2 rings (SSSR count). The van der Waals surface area contributed by atoms with Gasteiger partial charge in [-0.25, -0.2) is 0 Å². The molecule has 1 aromatic heterocycles. The zero-order chi connectivity index (χ0) is 15.7. The Balaban J connectivity index is 2.30. The molecule has 2 unspecified atom stereocenters. The first kappa shape index (κ1) is 17.0. The van der Waals surface area contributed by atoms with Crippen LogP contribution in [0.25, 0.3) is 0 Å². The van der Waals surface area contributed by atoms with E-state index in [0.29, 0.717) is 4.90 Å². The Morgan fingerprint density at radius 2 is 1.90 bits per heavy atom. The summed E-state index contributed by atoms with van der Waals surface area (Å²) in [5.41, 5.74) is 0.0747. The average Bonchev–Trinajstić information content (AvgIpc) is 2.92. The molecule has 21 heavy (non-hydrogen) atoms. The SMILES string of the molecule is CC(C)(C)C(O)(C[S+]([O-])c1ccc(Br)cc1)c1cncs1. The van der Waals surface area contributed by atoms with Gasteiger partial charge in [-0.1, -0.05) is 36.7 Å². The molecule has 0 aliphatic rings. The Hall–Kier alpha value is -0.400. The molecule has 1 aromatic carbocycles. The highest BCUT2D eigenvalue weighted by molar-refractivity contribution is 9.10. The van der Waals surface area contributed by atoms with Crippen LogP contribution in [0.2, 0.25) is 0 Å². The maximum Gasteiger partial charge on any atom is 0.152 e. The second-order valence-electron chi connectivity index (χ2n) is 5.92. The molecule has 0 aliphatic heterocycles. The van der Waals surface area contributed by atoms with Crippen molar-refractivity contribution in [1.82, 2.24) is 4.98 Å². The Bertz CT molecular complexity index is 581. The standard InChI is InChI=1S/C15H18BrNO2S2/c1-14(2,3)15(18,13-8-17-10-20-13)9-21(19)12-6-4-11(16)5-7-12/h4-8,10,18H,9H2,1-3H3. The van der Waals surface area contributed by atoms with Gasteiger partial charge >= 0.3 is 0 Å². The molecule has 0 saturated heterocycles. The van der Waals surface area contributed by atoms with Crippen LogP contribution < -0.4 is 0 Å². The molecular weight excluding hydrogens is 370 g/mol. The van der Waals surface area contributed by atoms with Gasteiger partial charge in [-0.3, -0.25) is 4.98 Å². The first-order chi connectivity index (χ1) is 9.74.